The van der Waals surface area contributed by atoms with E-state index in [1.807, 2.05) is 25.3 Å². The molecular formula is C19H18N2O3. The zero-order valence-corrected chi connectivity index (χ0v) is 13.8. The molecule has 2 aliphatic rings. The topological polar surface area (TPSA) is 63.4 Å². The van der Waals surface area contributed by atoms with Gasteiger partial charge < -0.3 is 4.90 Å². The Labute approximate surface area is 140 Å². The molecule has 0 unspecified atom stereocenters. The maximum Gasteiger partial charge on any atom is 0.270 e. The molecule has 1 aliphatic heterocycles. The molecule has 5 heteroatoms. The summed E-state index contributed by atoms with van der Waals surface area (Å²) in [6, 6.07) is 8.16. The van der Waals surface area contributed by atoms with Crippen LogP contribution in [0.15, 0.2) is 71.6 Å². The highest BCUT2D eigenvalue weighted by Crippen LogP contribution is 2.46. The first kappa shape index (κ1) is 15.9. The number of ketones is 1. The fraction of sp³-hybridized carbons (Fsp3) is 0.211. The van der Waals surface area contributed by atoms with Gasteiger partial charge in [-0.3, -0.25) is 14.9 Å². The minimum Gasteiger partial charge on any atom is -0.347 e. The number of nitro groups is 1. The number of rotatable bonds is 2. The van der Waals surface area contributed by atoms with E-state index in [2.05, 4.69) is 30.9 Å². The normalized spacial score (nSPS) is 22.0. The fourth-order valence-electron chi connectivity index (χ4n) is 3.25. The molecule has 1 aliphatic carbocycles. The Morgan fingerprint density at radius 1 is 1.17 bits per heavy atom. The quantitative estimate of drug-likeness (QED) is 0.475. The molecule has 3 rings (SSSR count). The van der Waals surface area contributed by atoms with Gasteiger partial charge in [-0.15, -0.1) is 0 Å². The second-order valence-electron chi connectivity index (χ2n) is 6.40. The van der Waals surface area contributed by atoms with E-state index in [0.717, 1.165) is 11.4 Å². The lowest BCUT2D eigenvalue weighted by Crippen LogP contribution is -2.22. The molecule has 1 aromatic rings. The van der Waals surface area contributed by atoms with Crippen molar-refractivity contribution in [2.45, 2.75) is 19.3 Å². The van der Waals surface area contributed by atoms with Gasteiger partial charge in [0.25, 0.3) is 5.70 Å². The summed E-state index contributed by atoms with van der Waals surface area (Å²) in [6.45, 7) is 4.25. The van der Waals surface area contributed by atoms with Gasteiger partial charge in [-0.1, -0.05) is 32.0 Å². The first-order chi connectivity index (χ1) is 11.3. The van der Waals surface area contributed by atoms with Crippen molar-refractivity contribution in [2.75, 3.05) is 11.9 Å². The van der Waals surface area contributed by atoms with Crippen molar-refractivity contribution in [3.05, 3.63) is 87.3 Å². The van der Waals surface area contributed by atoms with Crippen LogP contribution in [0.5, 0.6) is 0 Å². The molecular weight excluding hydrogens is 304 g/mol. The zero-order chi connectivity index (χ0) is 17.5. The van der Waals surface area contributed by atoms with Gasteiger partial charge in [0.2, 0.25) is 0 Å². The first-order valence-electron chi connectivity index (χ1n) is 7.66. The van der Waals surface area contributed by atoms with Crippen molar-refractivity contribution < 1.29 is 9.72 Å². The molecule has 0 fully saturated rings. The average Bonchev–Trinajstić information content (AvgIpc) is 2.74. The number of carbonyl (C=O) groups excluding carboxylic acids is 1. The Morgan fingerprint density at radius 2 is 1.88 bits per heavy atom. The number of carbonyl (C=O) groups is 1. The Morgan fingerprint density at radius 3 is 2.54 bits per heavy atom. The number of para-hydroxylation sites is 1. The summed E-state index contributed by atoms with van der Waals surface area (Å²) < 4.78 is 0. The second-order valence-corrected chi connectivity index (χ2v) is 6.40. The number of likely N-dealkylation sites (N-methyl/N-ethyl adjacent to an activating group) is 1. The molecule has 1 heterocycles. The van der Waals surface area contributed by atoms with E-state index >= 15 is 0 Å². The van der Waals surface area contributed by atoms with Gasteiger partial charge in [0.15, 0.2) is 5.78 Å². The summed E-state index contributed by atoms with van der Waals surface area (Å²) in [4.78, 5) is 24.5. The molecule has 1 aromatic carbocycles. The Bertz CT molecular complexity index is 857. The van der Waals surface area contributed by atoms with Crippen LogP contribution in [0.1, 0.15) is 19.4 Å². The molecule has 122 valence electrons. The third kappa shape index (κ3) is 2.48. The maximum absolute atomic E-state index is 12.0. The first-order valence-corrected chi connectivity index (χ1v) is 7.66. The Kier molecular flexibility index (Phi) is 3.72. The van der Waals surface area contributed by atoms with E-state index in [0.29, 0.717) is 5.57 Å². The standard InChI is InChI=1S/C19H18N2O3/c1-19(2)15-6-4-5-7-16(15)20(3)18(19)11-8-13-12-14(21(23)24)9-10-17(13)22/h4-12H,1-3H3. The van der Waals surface area contributed by atoms with Crippen molar-refractivity contribution in [2.24, 2.45) is 0 Å². The highest BCUT2D eigenvalue weighted by molar-refractivity contribution is 6.07. The highest BCUT2D eigenvalue weighted by Gasteiger charge is 2.37. The molecule has 0 amide bonds. The smallest absolute Gasteiger partial charge is 0.270 e. The van der Waals surface area contributed by atoms with Gasteiger partial charge in [0, 0.05) is 41.6 Å². The van der Waals surface area contributed by atoms with Crippen LogP contribution >= 0.6 is 0 Å². The van der Waals surface area contributed by atoms with E-state index < -0.39 is 4.92 Å². The van der Waals surface area contributed by atoms with E-state index in [9.17, 15) is 14.9 Å². The summed E-state index contributed by atoms with van der Waals surface area (Å²) in [5, 5.41) is 10.9. The predicted molar refractivity (Wildman–Crippen MR) is 93.3 cm³/mol. The molecule has 0 saturated heterocycles. The fourth-order valence-corrected chi connectivity index (χ4v) is 3.25. The SMILES string of the molecule is CN1C(=CC=C2C=C([N+](=O)[O-])C=CC2=O)C(C)(C)c2ccccc21. The molecule has 24 heavy (non-hydrogen) atoms. The van der Waals surface area contributed by atoms with Crippen LogP contribution in [0.2, 0.25) is 0 Å². The van der Waals surface area contributed by atoms with Crippen LogP contribution in [0.4, 0.5) is 5.69 Å². The van der Waals surface area contributed by atoms with Gasteiger partial charge in [-0.25, -0.2) is 0 Å². The maximum atomic E-state index is 12.0. The lowest BCUT2D eigenvalue weighted by Gasteiger charge is -2.23. The van der Waals surface area contributed by atoms with E-state index in [-0.39, 0.29) is 16.9 Å². The number of hydrogen-bond donors (Lipinski definition) is 0. The number of hydrogen-bond acceptors (Lipinski definition) is 4. The van der Waals surface area contributed by atoms with Crippen LogP contribution in [-0.2, 0) is 10.2 Å². The molecule has 0 aromatic heterocycles. The van der Waals surface area contributed by atoms with Crippen LogP contribution in [-0.4, -0.2) is 17.8 Å². The summed E-state index contributed by atoms with van der Waals surface area (Å²) in [5.41, 5.74) is 3.41. The van der Waals surface area contributed by atoms with E-state index in [1.54, 1.807) is 6.08 Å². The summed E-state index contributed by atoms with van der Waals surface area (Å²) in [7, 11) is 1.98. The third-order valence-corrected chi connectivity index (χ3v) is 4.57. The van der Waals surface area contributed by atoms with E-state index in [1.165, 1.54) is 23.8 Å². The van der Waals surface area contributed by atoms with Gasteiger partial charge in [-0.2, -0.15) is 0 Å². The Hall–Kier alpha value is -2.95. The van der Waals surface area contributed by atoms with Crippen molar-refractivity contribution >= 4 is 11.5 Å². The minimum atomic E-state index is -0.495. The predicted octanol–water partition coefficient (Wildman–Crippen LogP) is 3.52. The molecule has 0 bridgehead atoms. The number of benzene rings is 1. The number of anilines is 1. The molecule has 0 N–H and O–H groups in total. The minimum absolute atomic E-state index is 0.0819. The average molecular weight is 322 g/mol. The van der Waals surface area contributed by atoms with Crippen LogP contribution < -0.4 is 4.90 Å². The number of nitrogens with zero attached hydrogens (tertiary/aromatic N) is 2. The van der Waals surface area contributed by atoms with Gasteiger partial charge in [0.05, 0.1) is 4.92 Å². The molecule has 0 atom stereocenters. The largest absolute Gasteiger partial charge is 0.347 e. The number of allylic oxidation sites excluding steroid dienone is 7. The lowest BCUT2D eigenvalue weighted by molar-refractivity contribution is -0.419. The number of fused-ring (bicyclic) bond motifs is 1. The molecule has 0 spiro atoms. The van der Waals surface area contributed by atoms with Crippen molar-refractivity contribution in [3.63, 3.8) is 0 Å². The summed E-state index contributed by atoms with van der Waals surface area (Å²) in [6.07, 6.45) is 7.32. The van der Waals surface area contributed by atoms with Gasteiger partial charge >= 0.3 is 0 Å². The van der Waals surface area contributed by atoms with Crippen molar-refractivity contribution in [3.8, 4) is 0 Å². The molecule has 5 nitrogen and oxygen atoms in total. The zero-order valence-electron chi connectivity index (χ0n) is 13.8. The van der Waals surface area contributed by atoms with Crippen LogP contribution in [0, 0.1) is 10.1 Å². The summed E-state index contributed by atoms with van der Waals surface area (Å²) in [5.74, 6) is -0.228. The van der Waals surface area contributed by atoms with Crippen molar-refractivity contribution in [1.82, 2.24) is 0 Å². The van der Waals surface area contributed by atoms with Gasteiger partial charge in [0.1, 0.15) is 0 Å². The van der Waals surface area contributed by atoms with Gasteiger partial charge in [-0.05, 0) is 29.9 Å². The monoisotopic (exact) mass is 322 g/mol. The van der Waals surface area contributed by atoms with Crippen molar-refractivity contribution in [1.29, 1.82) is 0 Å². The van der Waals surface area contributed by atoms with Crippen LogP contribution in [0.3, 0.4) is 0 Å². The molecule has 0 saturated carbocycles. The second kappa shape index (κ2) is 5.60. The molecule has 0 radical (unpaired) electrons. The highest BCUT2D eigenvalue weighted by atomic mass is 16.6. The Balaban J connectivity index is 2.02. The summed E-state index contributed by atoms with van der Waals surface area (Å²) >= 11 is 0. The van der Waals surface area contributed by atoms with E-state index in [4.69, 9.17) is 0 Å². The van der Waals surface area contributed by atoms with Crippen LogP contribution in [0.25, 0.3) is 0 Å². The lowest BCUT2D eigenvalue weighted by atomic mass is 9.83. The third-order valence-electron chi connectivity index (χ3n) is 4.57.